The Kier molecular flexibility index (Phi) is 5.05. The van der Waals surface area contributed by atoms with Crippen molar-refractivity contribution in [2.24, 2.45) is 0 Å². The zero-order chi connectivity index (χ0) is 19.7. The molecule has 144 valence electrons. The van der Waals surface area contributed by atoms with Gasteiger partial charge in [0.15, 0.2) is 0 Å². The molecule has 5 nitrogen and oxygen atoms in total. The van der Waals surface area contributed by atoms with Gasteiger partial charge in [-0.2, -0.15) is 0 Å². The Balaban J connectivity index is 1.47. The number of hydrogen-bond donors (Lipinski definition) is 1. The smallest absolute Gasteiger partial charge is 0.261 e. The summed E-state index contributed by atoms with van der Waals surface area (Å²) in [5, 5.41) is 1.96. The molecule has 0 spiro atoms. The number of rotatable bonds is 3. The molecular formula is C22H23N3O2S. The molecule has 0 bridgehead atoms. The number of aromatic nitrogens is 1. The van der Waals surface area contributed by atoms with Gasteiger partial charge in [0.05, 0.1) is 10.6 Å². The first kappa shape index (κ1) is 18.5. The first-order valence-corrected chi connectivity index (χ1v) is 10.3. The molecule has 1 aromatic carbocycles. The lowest BCUT2D eigenvalue weighted by atomic mass is 10.1. The molecule has 1 N–H and O–H groups in total. The number of carbonyl (C=O) groups is 1. The second kappa shape index (κ2) is 7.64. The van der Waals surface area contributed by atoms with E-state index in [-0.39, 0.29) is 17.0 Å². The maximum atomic E-state index is 12.9. The molecular weight excluding hydrogens is 370 g/mol. The van der Waals surface area contributed by atoms with Crippen LogP contribution in [-0.4, -0.2) is 42.0 Å². The molecule has 0 unspecified atom stereocenters. The van der Waals surface area contributed by atoms with Crippen LogP contribution < -0.4 is 10.5 Å². The first-order chi connectivity index (χ1) is 13.5. The summed E-state index contributed by atoms with van der Waals surface area (Å²) in [5.41, 5.74) is 4.41. The number of amides is 1. The third-order valence-electron chi connectivity index (χ3n) is 5.41. The zero-order valence-electron chi connectivity index (χ0n) is 16.1. The van der Waals surface area contributed by atoms with Gasteiger partial charge >= 0.3 is 0 Å². The lowest BCUT2D eigenvalue weighted by Gasteiger charge is -2.37. The van der Waals surface area contributed by atoms with E-state index >= 15 is 0 Å². The molecule has 0 atom stereocenters. The molecule has 4 rings (SSSR count). The van der Waals surface area contributed by atoms with Crippen molar-refractivity contribution in [3.05, 3.63) is 74.9 Å². The van der Waals surface area contributed by atoms with Gasteiger partial charge in [0, 0.05) is 31.9 Å². The van der Waals surface area contributed by atoms with E-state index in [4.69, 9.17) is 0 Å². The number of thiophene rings is 1. The fourth-order valence-electron chi connectivity index (χ4n) is 3.62. The van der Waals surface area contributed by atoms with E-state index in [2.05, 4.69) is 41.9 Å². The third kappa shape index (κ3) is 3.47. The quantitative estimate of drug-likeness (QED) is 0.738. The number of anilines is 1. The molecule has 1 saturated heterocycles. The average Bonchev–Trinajstić information content (AvgIpc) is 3.25. The number of benzene rings is 1. The number of aryl methyl sites for hydroxylation is 1. The third-order valence-corrected chi connectivity index (χ3v) is 6.31. The molecule has 1 amide bonds. The van der Waals surface area contributed by atoms with Crippen molar-refractivity contribution in [2.75, 3.05) is 31.1 Å². The fraction of sp³-hybridized carbons (Fsp3) is 0.273. The van der Waals surface area contributed by atoms with Gasteiger partial charge < -0.3 is 14.8 Å². The van der Waals surface area contributed by atoms with Crippen LogP contribution in [0.4, 0.5) is 5.69 Å². The predicted octanol–water partition coefficient (Wildman–Crippen LogP) is 3.68. The van der Waals surface area contributed by atoms with Gasteiger partial charge in [-0.15, -0.1) is 11.3 Å². The summed E-state index contributed by atoms with van der Waals surface area (Å²) in [6.45, 7) is 7.00. The van der Waals surface area contributed by atoms with Crippen LogP contribution in [0.1, 0.15) is 21.5 Å². The Labute approximate surface area is 168 Å². The molecule has 1 fully saturated rings. The van der Waals surface area contributed by atoms with Gasteiger partial charge in [-0.1, -0.05) is 18.2 Å². The molecule has 1 aliphatic heterocycles. The monoisotopic (exact) mass is 393 g/mol. The van der Waals surface area contributed by atoms with Crippen molar-refractivity contribution >= 4 is 22.9 Å². The maximum absolute atomic E-state index is 12.9. The molecule has 3 heterocycles. The van der Waals surface area contributed by atoms with Crippen LogP contribution in [-0.2, 0) is 0 Å². The summed E-state index contributed by atoms with van der Waals surface area (Å²) >= 11 is 1.56. The summed E-state index contributed by atoms with van der Waals surface area (Å²) < 4.78 is 0. The number of carbonyl (C=O) groups excluding carboxylic acids is 1. The SMILES string of the molecule is Cc1cccc(N2CCN(C(=O)c3ccc(-c4cccs4)[nH]c3=O)CC2)c1C. The van der Waals surface area contributed by atoms with Crippen LogP contribution in [0.5, 0.6) is 0 Å². The van der Waals surface area contributed by atoms with Gasteiger partial charge in [-0.25, -0.2) is 0 Å². The Hall–Kier alpha value is -2.86. The van der Waals surface area contributed by atoms with Crippen LogP contribution in [0.25, 0.3) is 10.6 Å². The normalized spacial score (nSPS) is 14.4. The number of H-pyrrole nitrogens is 1. The van der Waals surface area contributed by atoms with E-state index in [0.29, 0.717) is 13.1 Å². The second-order valence-corrected chi connectivity index (χ2v) is 8.04. The van der Waals surface area contributed by atoms with Crippen LogP contribution in [0.15, 0.2) is 52.6 Å². The van der Waals surface area contributed by atoms with Crippen molar-refractivity contribution in [1.29, 1.82) is 0 Å². The van der Waals surface area contributed by atoms with Crippen LogP contribution in [0.2, 0.25) is 0 Å². The molecule has 0 saturated carbocycles. The number of pyridine rings is 1. The maximum Gasteiger partial charge on any atom is 0.261 e. The standard InChI is InChI=1S/C22H23N3O2S/c1-15-5-3-6-19(16(15)2)24-10-12-25(13-11-24)22(27)17-8-9-18(23-21(17)26)20-7-4-14-28-20/h3-9,14H,10-13H2,1-2H3,(H,23,26). The highest BCUT2D eigenvalue weighted by Gasteiger charge is 2.25. The lowest BCUT2D eigenvalue weighted by molar-refractivity contribution is 0.0745. The zero-order valence-corrected chi connectivity index (χ0v) is 16.9. The minimum Gasteiger partial charge on any atom is -0.368 e. The highest BCUT2D eigenvalue weighted by Crippen LogP contribution is 2.24. The highest BCUT2D eigenvalue weighted by molar-refractivity contribution is 7.13. The lowest BCUT2D eigenvalue weighted by Crippen LogP contribution is -2.49. The van der Waals surface area contributed by atoms with Crippen LogP contribution in [0, 0.1) is 13.8 Å². The van der Waals surface area contributed by atoms with Crippen molar-refractivity contribution in [3.8, 4) is 10.6 Å². The molecule has 0 aliphatic carbocycles. The number of nitrogens with zero attached hydrogens (tertiary/aromatic N) is 2. The summed E-state index contributed by atoms with van der Waals surface area (Å²) in [5.74, 6) is -0.195. The Morgan fingerprint density at radius 3 is 2.46 bits per heavy atom. The molecule has 28 heavy (non-hydrogen) atoms. The van der Waals surface area contributed by atoms with E-state index in [0.717, 1.165) is 23.7 Å². The van der Waals surface area contributed by atoms with E-state index in [9.17, 15) is 9.59 Å². The minimum atomic E-state index is -0.326. The van der Waals surface area contributed by atoms with Crippen LogP contribution in [0.3, 0.4) is 0 Å². The Bertz CT molecular complexity index is 1050. The molecule has 2 aromatic heterocycles. The van der Waals surface area contributed by atoms with Crippen molar-refractivity contribution in [1.82, 2.24) is 9.88 Å². The second-order valence-electron chi connectivity index (χ2n) is 7.09. The summed E-state index contributed by atoms with van der Waals surface area (Å²) in [6.07, 6.45) is 0. The predicted molar refractivity (Wildman–Crippen MR) is 114 cm³/mol. The van der Waals surface area contributed by atoms with Crippen molar-refractivity contribution in [2.45, 2.75) is 13.8 Å². The van der Waals surface area contributed by atoms with Gasteiger partial charge in [0.25, 0.3) is 11.5 Å². The average molecular weight is 394 g/mol. The summed E-state index contributed by atoms with van der Waals surface area (Å²) in [4.78, 5) is 33.3. The number of hydrogen-bond acceptors (Lipinski definition) is 4. The van der Waals surface area contributed by atoms with E-state index in [1.807, 2.05) is 23.6 Å². The number of nitrogens with one attached hydrogen (secondary N) is 1. The Morgan fingerprint density at radius 1 is 1.00 bits per heavy atom. The molecule has 1 aliphatic rings. The molecule has 3 aromatic rings. The van der Waals surface area contributed by atoms with E-state index in [1.165, 1.54) is 16.8 Å². The topological polar surface area (TPSA) is 56.4 Å². The summed E-state index contributed by atoms with van der Waals surface area (Å²) in [7, 11) is 0. The van der Waals surface area contributed by atoms with Crippen LogP contribution >= 0.6 is 11.3 Å². The highest BCUT2D eigenvalue weighted by atomic mass is 32.1. The fourth-order valence-corrected chi connectivity index (χ4v) is 4.32. The van der Waals surface area contributed by atoms with Gasteiger partial charge in [0.1, 0.15) is 5.56 Å². The Morgan fingerprint density at radius 2 is 1.79 bits per heavy atom. The minimum absolute atomic E-state index is 0.195. The largest absolute Gasteiger partial charge is 0.368 e. The van der Waals surface area contributed by atoms with Gasteiger partial charge in [-0.3, -0.25) is 9.59 Å². The molecule has 6 heteroatoms. The van der Waals surface area contributed by atoms with Gasteiger partial charge in [-0.05, 0) is 54.6 Å². The van der Waals surface area contributed by atoms with Crippen molar-refractivity contribution < 1.29 is 4.79 Å². The first-order valence-electron chi connectivity index (χ1n) is 9.42. The number of aromatic amines is 1. The van der Waals surface area contributed by atoms with E-state index < -0.39 is 0 Å². The molecule has 0 radical (unpaired) electrons. The summed E-state index contributed by atoms with van der Waals surface area (Å²) in [6, 6.07) is 13.7. The van der Waals surface area contributed by atoms with Crippen molar-refractivity contribution in [3.63, 3.8) is 0 Å². The van der Waals surface area contributed by atoms with Gasteiger partial charge in [0.2, 0.25) is 0 Å². The van der Waals surface area contributed by atoms with E-state index in [1.54, 1.807) is 22.3 Å². The number of piperazine rings is 1.